The number of piperidine rings is 1. The summed E-state index contributed by atoms with van der Waals surface area (Å²) in [5.74, 6) is -1.91. The number of rotatable bonds is 5. The molecule has 0 aliphatic carbocycles. The molecule has 0 aromatic carbocycles. The van der Waals surface area contributed by atoms with Gasteiger partial charge in [0.2, 0.25) is 5.91 Å². The van der Waals surface area contributed by atoms with Crippen molar-refractivity contribution in [2.24, 2.45) is 0 Å². The highest BCUT2D eigenvalue weighted by Crippen LogP contribution is 2.25. The fourth-order valence-corrected chi connectivity index (χ4v) is 3.82. The molecule has 1 aromatic heterocycles. The number of methoxy groups -OCH3 is 1. The molecule has 1 fully saturated rings. The number of aromatic nitrogens is 1. The van der Waals surface area contributed by atoms with Gasteiger partial charge in [0.15, 0.2) is 0 Å². The van der Waals surface area contributed by atoms with E-state index in [0.29, 0.717) is 4.47 Å². The van der Waals surface area contributed by atoms with Crippen LogP contribution in [0.25, 0.3) is 0 Å². The summed E-state index contributed by atoms with van der Waals surface area (Å²) in [6.45, 7) is 5.39. The molecular weight excluding hydrogens is 486 g/mol. The summed E-state index contributed by atoms with van der Waals surface area (Å²) < 4.78 is 5.62. The van der Waals surface area contributed by atoms with Crippen LogP contribution in [0, 0.1) is 0 Å². The van der Waals surface area contributed by atoms with Crippen molar-refractivity contribution in [2.45, 2.75) is 44.8 Å². The third-order valence-electron chi connectivity index (χ3n) is 4.95. The number of anilines is 1. The number of carboxylic acid groups (broad SMARTS) is 1. The topological polar surface area (TPSA) is 141 Å². The lowest BCUT2D eigenvalue weighted by Crippen LogP contribution is -2.66. The highest BCUT2D eigenvalue weighted by molar-refractivity contribution is 9.10. The quantitative estimate of drug-likeness (QED) is 0.503. The molecule has 0 unspecified atom stereocenters. The van der Waals surface area contributed by atoms with E-state index in [0.717, 1.165) is 0 Å². The lowest BCUT2D eigenvalue weighted by atomic mass is 9.93. The van der Waals surface area contributed by atoms with Crippen molar-refractivity contribution in [3.05, 3.63) is 22.8 Å². The zero-order chi connectivity index (χ0) is 24.1. The minimum Gasteiger partial charge on any atom is -0.465 e. The Labute approximate surface area is 194 Å². The fourth-order valence-electron chi connectivity index (χ4n) is 3.59. The molecule has 0 spiro atoms. The maximum atomic E-state index is 12.6. The standard InChI is InChI=1S/C20H28BrN5O6/c1-20(2,3)26(19(30)31)14-10-25(16(27)11-32-4)8-7-13(14)23-17(28)18(29)24-15-6-5-12(21)9-22-15/h5-6,9,13-14H,7-8,10-11H2,1-4H3,(H,23,28)(H,30,31)(H,22,24,29)/t13-,14+/m0/s1. The molecule has 0 bridgehead atoms. The summed E-state index contributed by atoms with van der Waals surface area (Å²) in [5.41, 5.74) is -0.809. The number of halogens is 1. The smallest absolute Gasteiger partial charge is 0.408 e. The maximum absolute atomic E-state index is 12.6. The number of pyridine rings is 1. The van der Waals surface area contributed by atoms with Gasteiger partial charge in [0, 0.05) is 36.4 Å². The van der Waals surface area contributed by atoms with Crippen molar-refractivity contribution in [3.8, 4) is 0 Å². The average Bonchev–Trinajstić information content (AvgIpc) is 2.69. The van der Waals surface area contributed by atoms with Crippen LogP contribution in [0.2, 0.25) is 0 Å². The summed E-state index contributed by atoms with van der Waals surface area (Å²) >= 11 is 3.24. The van der Waals surface area contributed by atoms with Gasteiger partial charge in [0.05, 0.1) is 12.1 Å². The first-order valence-electron chi connectivity index (χ1n) is 9.96. The predicted octanol–water partition coefficient (Wildman–Crippen LogP) is 1.29. The molecule has 0 radical (unpaired) electrons. The van der Waals surface area contributed by atoms with E-state index in [1.165, 1.54) is 29.2 Å². The lowest BCUT2D eigenvalue weighted by Gasteiger charge is -2.47. The third-order valence-corrected chi connectivity index (χ3v) is 5.42. The van der Waals surface area contributed by atoms with E-state index >= 15 is 0 Å². The Morgan fingerprint density at radius 1 is 1.28 bits per heavy atom. The van der Waals surface area contributed by atoms with E-state index in [4.69, 9.17) is 4.74 Å². The van der Waals surface area contributed by atoms with Crippen LogP contribution in [0.1, 0.15) is 27.2 Å². The zero-order valence-corrected chi connectivity index (χ0v) is 20.0. The Morgan fingerprint density at radius 2 is 1.97 bits per heavy atom. The van der Waals surface area contributed by atoms with Crippen LogP contribution in [0.4, 0.5) is 10.6 Å². The first kappa shape index (κ1) is 25.5. The number of hydrogen-bond donors (Lipinski definition) is 3. The highest BCUT2D eigenvalue weighted by atomic mass is 79.9. The number of amides is 4. The Balaban J connectivity index is 2.19. The lowest BCUT2D eigenvalue weighted by molar-refractivity contribution is -0.140. The molecule has 11 nitrogen and oxygen atoms in total. The molecular formula is C20H28BrN5O6. The van der Waals surface area contributed by atoms with Gasteiger partial charge in [0.25, 0.3) is 0 Å². The molecule has 2 rings (SSSR count). The van der Waals surface area contributed by atoms with Crippen LogP contribution in [0.5, 0.6) is 0 Å². The molecule has 1 aliphatic rings. The van der Waals surface area contributed by atoms with Crippen molar-refractivity contribution < 1.29 is 29.0 Å². The second-order valence-corrected chi connectivity index (χ2v) is 9.26. The fraction of sp³-hybridized carbons (Fsp3) is 0.550. The zero-order valence-electron chi connectivity index (χ0n) is 18.4. The second-order valence-electron chi connectivity index (χ2n) is 8.35. The van der Waals surface area contributed by atoms with Gasteiger partial charge in [-0.3, -0.25) is 19.3 Å². The van der Waals surface area contributed by atoms with E-state index in [2.05, 4.69) is 31.5 Å². The number of nitrogens with one attached hydrogen (secondary N) is 2. The van der Waals surface area contributed by atoms with Crippen molar-refractivity contribution >= 4 is 45.6 Å². The summed E-state index contributed by atoms with van der Waals surface area (Å²) in [7, 11) is 1.40. The number of nitrogens with zero attached hydrogens (tertiary/aromatic N) is 3. The number of carbonyl (C=O) groups excluding carboxylic acids is 3. The number of hydrogen-bond acceptors (Lipinski definition) is 6. The highest BCUT2D eigenvalue weighted by Gasteiger charge is 2.43. The van der Waals surface area contributed by atoms with Crippen LogP contribution in [-0.4, -0.2) is 88.1 Å². The van der Waals surface area contributed by atoms with Crippen molar-refractivity contribution in [1.82, 2.24) is 20.1 Å². The molecule has 0 saturated carbocycles. The van der Waals surface area contributed by atoms with Crippen molar-refractivity contribution in [2.75, 3.05) is 32.1 Å². The second kappa shape index (κ2) is 10.7. The Morgan fingerprint density at radius 3 is 2.50 bits per heavy atom. The largest absolute Gasteiger partial charge is 0.465 e. The van der Waals surface area contributed by atoms with Crippen LogP contribution >= 0.6 is 15.9 Å². The van der Waals surface area contributed by atoms with Crippen molar-refractivity contribution in [1.29, 1.82) is 0 Å². The minimum atomic E-state index is -1.19. The number of ether oxygens (including phenoxy) is 1. The molecule has 2 atom stereocenters. The first-order valence-corrected chi connectivity index (χ1v) is 10.8. The summed E-state index contributed by atoms with van der Waals surface area (Å²) in [6.07, 6.45) is 0.561. The normalized spacial score (nSPS) is 18.6. The van der Waals surface area contributed by atoms with E-state index < -0.39 is 35.5 Å². The van der Waals surface area contributed by atoms with E-state index in [-0.39, 0.29) is 37.8 Å². The SMILES string of the molecule is COCC(=O)N1CC[C@H](NC(=O)C(=O)Nc2ccc(Br)cn2)[C@H](N(C(=O)O)C(C)(C)C)C1. The summed E-state index contributed by atoms with van der Waals surface area (Å²) in [4.78, 5) is 56.0. The number of likely N-dealkylation sites (tertiary alicyclic amines) is 1. The Hall–Kier alpha value is -2.73. The van der Waals surface area contributed by atoms with Crippen molar-refractivity contribution in [3.63, 3.8) is 0 Å². The average molecular weight is 514 g/mol. The molecule has 3 N–H and O–H groups in total. The van der Waals surface area contributed by atoms with Gasteiger partial charge in [0.1, 0.15) is 12.4 Å². The van der Waals surface area contributed by atoms with Crippen LogP contribution in [-0.2, 0) is 19.1 Å². The third kappa shape index (κ3) is 6.63. The molecule has 1 saturated heterocycles. The van der Waals surface area contributed by atoms with E-state index in [9.17, 15) is 24.3 Å². The number of carbonyl (C=O) groups is 4. The molecule has 4 amide bonds. The van der Waals surface area contributed by atoms with E-state index in [1.54, 1.807) is 26.8 Å². The van der Waals surface area contributed by atoms with Gasteiger partial charge in [-0.15, -0.1) is 0 Å². The molecule has 1 aliphatic heterocycles. The Bertz CT molecular complexity index is 857. The monoisotopic (exact) mass is 513 g/mol. The molecule has 176 valence electrons. The Kier molecular flexibility index (Phi) is 8.56. The first-order chi connectivity index (χ1) is 14.9. The molecule has 32 heavy (non-hydrogen) atoms. The van der Waals surface area contributed by atoms with Gasteiger partial charge in [-0.25, -0.2) is 9.78 Å². The molecule has 2 heterocycles. The van der Waals surface area contributed by atoms with Gasteiger partial charge >= 0.3 is 17.9 Å². The van der Waals surface area contributed by atoms with Crippen LogP contribution < -0.4 is 10.6 Å². The predicted molar refractivity (Wildman–Crippen MR) is 119 cm³/mol. The maximum Gasteiger partial charge on any atom is 0.408 e. The van der Waals surface area contributed by atoms with Gasteiger partial charge in [-0.2, -0.15) is 0 Å². The summed E-state index contributed by atoms with van der Waals surface area (Å²) in [5, 5.41) is 14.9. The van der Waals surface area contributed by atoms with Gasteiger partial charge in [-0.05, 0) is 55.3 Å². The molecule has 1 aromatic rings. The van der Waals surface area contributed by atoms with Crippen LogP contribution in [0.15, 0.2) is 22.8 Å². The summed E-state index contributed by atoms with van der Waals surface area (Å²) in [6, 6.07) is 1.76. The van der Waals surface area contributed by atoms with E-state index in [1.807, 2.05) is 0 Å². The van der Waals surface area contributed by atoms with Gasteiger partial charge in [-0.1, -0.05) is 0 Å². The van der Waals surface area contributed by atoms with Gasteiger partial charge < -0.3 is 25.4 Å². The van der Waals surface area contributed by atoms with Crippen LogP contribution in [0.3, 0.4) is 0 Å². The molecule has 12 heteroatoms. The minimum absolute atomic E-state index is 0.0621.